The number of pyridine rings is 1. The van der Waals surface area contributed by atoms with Gasteiger partial charge < -0.3 is 15.2 Å². The molecule has 0 fully saturated rings. The molecule has 1 amide bonds. The van der Waals surface area contributed by atoms with E-state index in [9.17, 15) is 14.7 Å². The normalized spacial score (nSPS) is 11.7. The van der Waals surface area contributed by atoms with Crippen LogP contribution in [0.2, 0.25) is 10.2 Å². The molecule has 0 spiro atoms. The summed E-state index contributed by atoms with van der Waals surface area (Å²) in [6.07, 6.45) is 1.64. The maximum absolute atomic E-state index is 13.0. The van der Waals surface area contributed by atoms with E-state index < -0.39 is 17.9 Å². The number of amides is 1. The first-order chi connectivity index (χ1) is 18.9. The standard InChI is InChI=1S/C30H23Cl2N3O4/c31-23-11-8-21(9-12-23)27-28(32)35-17-22(10-15-26(35)34-27)29(36)33-25(30(37)38)16-19-6-13-24(14-7-19)39-18-20-4-2-1-3-5-20/h1-15,17,25H,16,18H2,(H,33,36)(H,37,38)/t25-/m0/s1. The van der Waals surface area contributed by atoms with Crippen molar-refractivity contribution in [3.05, 3.63) is 124 Å². The Balaban J connectivity index is 1.27. The molecule has 0 aliphatic carbocycles. The summed E-state index contributed by atoms with van der Waals surface area (Å²) in [6.45, 7) is 0.431. The highest BCUT2D eigenvalue weighted by atomic mass is 35.5. The Morgan fingerprint density at radius 1 is 0.897 bits per heavy atom. The van der Waals surface area contributed by atoms with Crippen molar-refractivity contribution >= 4 is 40.7 Å². The van der Waals surface area contributed by atoms with Crippen molar-refractivity contribution in [2.24, 2.45) is 0 Å². The minimum Gasteiger partial charge on any atom is -0.489 e. The summed E-state index contributed by atoms with van der Waals surface area (Å²) in [5.74, 6) is -1.01. The van der Waals surface area contributed by atoms with E-state index in [4.69, 9.17) is 27.9 Å². The van der Waals surface area contributed by atoms with Gasteiger partial charge in [-0.1, -0.05) is 77.8 Å². The third-order valence-electron chi connectivity index (χ3n) is 6.16. The molecule has 9 heteroatoms. The van der Waals surface area contributed by atoms with Crippen molar-refractivity contribution in [2.75, 3.05) is 0 Å². The Bertz CT molecular complexity index is 1620. The first kappa shape index (κ1) is 26.3. The molecular weight excluding hydrogens is 537 g/mol. The maximum atomic E-state index is 13.0. The zero-order valence-electron chi connectivity index (χ0n) is 20.6. The van der Waals surface area contributed by atoms with Crippen LogP contribution in [-0.4, -0.2) is 32.4 Å². The van der Waals surface area contributed by atoms with Gasteiger partial charge in [0.2, 0.25) is 0 Å². The number of benzene rings is 3. The molecule has 0 aliphatic heterocycles. The maximum Gasteiger partial charge on any atom is 0.326 e. The summed E-state index contributed by atoms with van der Waals surface area (Å²) < 4.78 is 7.38. The number of fused-ring (bicyclic) bond motifs is 1. The molecule has 1 atom stereocenters. The molecule has 2 N–H and O–H groups in total. The Hall–Kier alpha value is -4.33. The smallest absolute Gasteiger partial charge is 0.326 e. The summed E-state index contributed by atoms with van der Waals surface area (Å²) in [5.41, 5.74) is 3.92. The number of imidazole rings is 1. The van der Waals surface area contributed by atoms with E-state index in [1.54, 1.807) is 52.9 Å². The summed E-state index contributed by atoms with van der Waals surface area (Å²) >= 11 is 12.6. The van der Waals surface area contributed by atoms with Crippen LogP contribution in [0.5, 0.6) is 5.75 Å². The fourth-order valence-corrected chi connectivity index (χ4v) is 4.49. The van der Waals surface area contributed by atoms with Gasteiger partial charge in [0.05, 0.1) is 5.56 Å². The van der Waals surface area contributed by atoms with Crippen molar-refractivity contribution in [2.45, 2.75) is 19.1 Å². The lowest BCUT2D eigenvalue weighted by molar-refractivity contribution is -0.139. The number of rotatable bonds is 9. The average Bonchev–Trinajstić information content (AvgIpc) is 3.28. The number of carbonyl (C=O) groups is 2. The summed E-state index contributed by atoms with van der Waals surface area (Å²) in [5, 5.41) is 13.3. The lowest BCUT2D eigenvalue weighted by Crippen LogP contribution is -2.42. The van der Waals surface area contributed by atoms with Crippen molar-refractivity contribution in [1.82, 2.24) is 14.7 Å². The topological polar surface area (TPSA) is 92.9 Å². The number of nitrogens with one attached hydrogen (secondary N) is 1. The van der Waals surface area contributed by atoms with Crippen LogP contribution in [0.4, 0.5) is 0 Å². The van der Waals surface area contributed by atoms with Crippen LogP contribution in [0.3, 0.4) is 0 Å². The number of ether oxygens (including phenoxy) is 1. The number of nitrogens with zero attached hydrogens (tertiary/aromatic N) is 2. The van der Waals surface area contributed by atoms with Gasteiger partial charge in [-0.2, -0.15) is 0 Å². The zero-order chi connectivity index (χ0) is 27.4. The predicted octanol–water partition coefficient (Wildman–Crippen LogP) is 6.31. The van der Waals surface area contributed by atoms with Gasteiger partial charge in [0.25, 0.3) is 5.91 Å². The number of hydrogen-bond acceptors (Lipinski definition) is 4. The van der Waals surface area contributed by atoms with Gasteiger partial charge in [0.15, 0.2) is 0 Å². The quantitative estimate of drug-likeness (QED) is 0.220. The number of carbonyl (C=O) groups excluding carboxylic acids is 1. The second kappa shape index (κ2) is 11.6. The molecule has 5 rings (SSSR count). The highest BCUT2D eigenvalue weighted by Crippen LogP contribution is 2.29. The first-order valence-corrected chi connectivity index (χ1v) is 12.9. The van der Waals surface area contributed by atoms with E-state index in [2.05, 4.69) is 10.3 Å². The summed E-state index contributed by atoms with van der Waals surface area (Å²) in [6, 6.07) is 26.2. The van der Waals surface area contributed by atoms with Gasteiger partial charge in [-0.3, -0.25) is 9.20 Å². The highest BCUT2D eigenvalue weighted by molar-refractivity contribution is 6.32. The van der Waals surface area contributed by atoms with Crippen LogP contribution in [-0.2, 0) is 17.8 Å². The van der Waals surface area contributed by atoms with Crippen molar-refractivity contribution in [1.29, 1.82) is 0 Å². The van der Waals surface area contributed by atoms with Gasteiger partial charge in [0, 0.05) is 23.2 Å². The average molecular weight is 560 g/mol. The minimum atomic E-state index is -1.14. The minimum absolute atomic E-state index is 0.106. The van der Waals surface area contributed by atoms with Crippen LogP contribution in [0.15, 0.2) is 97.2 Å². The fraction of sp³-hybridized carbons (Fsp3) is 0.100. The Morgan fingerprint density at radius 3 is 2.31 bits per heavy atom. The van der Waals surface area contributed by atoms with Crippen molar-refractivity contribution in [3.8, 4) is 17.0 Å². The molecule has 0 saturated carbocycles. The molecule has 5 aromatic rings. The summed E-state index contributed by atoms with van der Waals surface area (Å²) in [4.78, 5) is 29.5. The van der Waals surface area contributed by atoms with Crippen molar-refractivity contribution in [3.63, 3.8) is 0 Å². The third kappa shape index (κ3) is 6.22. The Kier molecular flexibility index (Phi) is 7.81. The largest absolute Gasteiger partial charge is 0.489 e. The number of hydrogen-bond donors (Lipinski definition) is 2. The molecule has 0 unspecified atom stereocenters. The van der Waals surface area contributed by atoms with E-state index >= 15 is 0 Å². The van der Waals surface area contributed by atoms with E-state index in [0.717, 1.165) is 16.7 Å². The van der Waals surface area contributed by atoms with Gasteiger partial charge in [-0.05, 0) is 47.5 Å². The monoisotopic (exact) mass is 559 g/mol. The van der Waals surface area contributed by atoms with Gasteiger partial charge in [-0.15, -0.1) is 0 Å². The summed E-state index contributed by atoms with van der Waals surface area (Å²) in [7, 11) is 0. The molecule has 2 heterocycles. The molecule has 2 aromatic heterocycles. The fourth-order valence-electron chi connectivity index (χ4n) is 4.08. The van der Waals surface area contributed by atoms with Crippen LogP contribution in [0.25, 0.3) is 16.9 Å². The SMILES string of the molecule is O=C(N[C@@H](Cc1ccc(OCc2ccccc2)cc1)C(=O)O)c1ccc2nc(-c3ccc(Cl)cc3)c(Cl)n2c1. The molecule has 7 nitrogen and oxygen atoms in total. The van der Waals surface area contributed by atoms with E-state index in [0.29, 0.717) is 33.9 Å². The number of halogens is 2. The second-order valence-electron chi connectivity index (χ2n) is 8.89. The van der Waals surface area contributed by atoms with E-state index in [1.807, 2.05) is 42.5 Å². The first-order valence-electron chi connectivity index (χ1n) is 12.1. The lowest BCUT2D eigenvalue weighted by atomic mass is 10.1. The molecule has 3 aromatic carbocycles. The number of carboxylic acids is 1. The molecule has 0 saturated heterocycles. The van der Waals surface area contributed by atoms with Gasteiger partial charge in [-0.25, -0.2) is 9.78 Å². The van der Waals surface area contributed by atoms with Crippen LogP contribution in [0.1, 0.15) is 21.5 Å². The number of aliphatic carboxylic acids is 1. The van der Waals surface area contributed by atoms with Crippen molar-refractivity contribution < 1.29 is 19.4 Å². The van der Waals surface area contributed by atoms with E-state index in [1.165, 1.54) is 6.20 Å². The van der Waals surface area contributed by atoms with Gasteiger partial charge >= 0.3 is 5.97 Å². The Morgan fingerprint density at radius 2 is 1.62 bits per heavy atom. The Labute approximate surface area is 234 Å². The van der Waals surface area contributed by atoms with E-state index in [-0.39, 0.29) is 12.0 Å². The molecule has 196 valence electrons. The van der Waals surface area contributed by atoms with Crippen LogP contribution >= 0.6 is 23.2 Å². The van der Waals surface area contributed by atoms with Crippen LogP contribution < -0.4 is 10.1 Å². The molecule has 0 bridgehead atoms. The second-order valence-corrected chi connectivity index (χ2v) is 9.69. The predicted molar refractivity (Wildman–Crippen MR) is 150 cm³/mol. The number of aromatic nitrogens is 2. The van der Waals surface area contributed by atoms with Crippen LogP contribution in [0, 0.1) is 0 Å². The lowest BCUT2D eigenvalue weighted by Gasteiger charge is -2.15. The van der Waals surface area contributed by atoms with Gasteiger partial charge in [0.1, 0.15) is 34.9 Å². The third-order valence-corrected chi connectivity index (χ3v) is 6.77. The molecular formula is C30H23Cl2N3O4. The number of carboxylic acid groups (broad SMARTS) is 1. The molecule has 39 heavy (non-hydrogen) atoms. The molecule has 0 radical (unpaired) electrons. The zero-order valence-corrected chi connectivity index (χ0v) is 22.1. The highest BCUT2D eigenvalue weighted by Gasteiger charge is 2.22. The molecule has 0 aliphatic rings.